The van der Waals surface area contributed by atoms with E-state index in [0.717, 1.165) is 17.7 Å². The van der Waals surface area contributed by atoms with Crippen molar-refractivity contribution in [3.8, 4) is 0 Å². The maximum Gasteiger partial charge on any atom is 0.338 e. The minimum absolute atomic E-state index is 0.306. The summed E-state index contributed by atoms with van der Waals surface area (Å²) in [6.45, 7) is 5.98. The van der Waals surface area contributed by atoms with E-state index in [1.165, 1.54) is 0 Å². The van der Waals surface area contributed by atoms with Crippen molar-refractivity contribution in [1.82, 2.24) is 14.8 Å². The predicted octanol–water partition coefficient (Wildman–Crippen LogP) is 3.87. The summed E-state index contributed by atoms with van der Waals surface area (Å²) in [6, 6.07) is 7.01. The molecule has 1 aliphatic rings. The molecule has 0 amide bonds. The first-order valence-corrected chi connectivity index (χ1v) is 8.79. The van der Waals surface area contributed by atoms with Crippen molar-refractivity contribution < 1.29 is 9.53 Å². The number of hydrogen-bond donors (Lipinski definition) is 1. The maximum absolute atomic E-state index is 12.8. The van der Waals surface area contributed by atoms with Crippen LogP contribution in [-0.4, -0.2) is 27.3 Å². The molecule has 0 saturated carbocycles. The number of anilines is 1. The highest BCUT2D eigenvalue weighted by Crippen LogP contribution is 2.39. The van der Waals surface area contributed by atoms with Crippen molar-refractivity contribution in [3.63, 3.8) is 0 Å². The van der Waals surface area contributed by atoms with Crippen LogP contribution in [0.2, 0.25) is 5.02 Å². The molecule has 7 heteroatoms. The summed E-state index contributed by atoms with van der Waals surface area (Å²) in [4.78, 5) is 17.2. The third-order valence-corrected chi connectivity index (χ3v) is 4.38. The molecule has 25 heavy (non-hydrogen) atoms. The predicted molar refractivity (Wildman–Crippen MR) is 96.5 cm³/mol. The van der Waals surface area contributed by atoms with Crippen LogP contribution >= 0.6 is 11.6 Å². The molecule has 0 spiro atoms. The number of aryl methyl sites for hydroxylation is 1. The Bertz CT molecular complexity index is 828. The van der Waals surface area contributed by atoms with Crippen molar-refractivity contribution in [2.75, 3.05) is 11.9 Å². The van der Waals surface area contributed by atoms with E-state index in [-0.39, 0.29) is 5.97 Å². The summed E-state index contributed by atoms with van der Waals surface area (Å²) in [6.07, 6.45) is 1.59. The van der Waals surface area contributed by atoms with Crippen molar-refractivity contribution in [1.29, 1.82) is 0 Å². The molecule has 0 aliphatic carbocycles. The molecule has 0 bridgehead atoms. The Hall–Kier alpha value is -2.34. The summed E-state index contributed by atoms with van der Waals surface area (Å²) in [5, 5.41) is 8.31. The lowest BCUT2D eigenvalue weighted by atomic mass is 9.94. The fourth-order valence-electron chi connectivity index (χ4n) is 3.06. The first-order valence-electron chi connectivity index (χ1n) is 8.41. The van der Waals surface area contributed by atoms with E-state index in [0.29, 0.717) is 35.4 Å². The highest BCUT2D eigenvalue weighted by molar-refractivity contribution is 6.31. The molecule has 0 radical (unpaired) electrons. The largest absolute Gasteiger partial charge is 0.463 e. The van der Waals surface area contributed by atoms with Crippen LogP contribution in [0.1, 0.15) is 44.1 Å². The number of aromatic nitrogens is 3. The van der Waals surface area contributed by atoms with Crippen LogP contribution in [0, 0.1) is 6.92 Å². The molecule has 1 aliphatic heterocycles. The second kappa shape index (κ2) is 7.27. The van der Waals surface area contributed by atoms with Gasteiger partial charge in [0.2, 0.25) is 5.95 Å². The Balaban J connectivity index is 2.23. The smallest absolute Gasteiger partial charge is 0.338 e. The van der Waals surface area contributed by atoms with Gasteiger partial charge in [-0.1, -0.05) is 43.1 Å². The second-order valence-electron chi connectivity index (χ2n) is 5.84. The summed E-state index contributed by atoms with van der Waals surface area (Å²) >= 11 is 6.45. The Morgan fingerprint density at radius 2 is 2.12 bits per heavy atom. The van der Waals surface area contributed by atoms with Crippen LogP contribution in [0.15, 0.2) is 35.5 Å². The van der Waals surface area contributed by atoms with E-state index in [1.807, 2.05) is 31.2 Å². The summed E-state index contributed by atoms with van der Waals surface area (Å²) in [5.74, 6) is 0.876. The standard InChI is InChI=1S/C18H21ClN4O2/c1-4-8-14-15(17(24)25-5-2)16(12-9-6-7-10-13(12)19)23-18(21-14)20-11(3)22-23/h6-7,9-10,16H,4-5,8H2,1-3H3,(H,20,21,22)/t16-/m1/s1. The van der Waals surface area contributed by atoms with Crippen molar-refractivity contribution in [2.24, 2.45) is 0 Å². The van der Waals surface area contributed by atoms with Gasteiger partial charge < -0.3 is 10.1 Å². The fourth-order valence-corrected chi connectivity index (χ4v) is 3.30. The topological polar surface area (TPSA) is 69.0 Å². The van der Waals surface area contributed by atoms with Gasteiger partial charge in [-0.2, -0.15) is 10.1 Å². The SMILES string of the molecule is CCCC1=C(C(=O)OCC)[C@@H](c2ccccc2Cl)n2nc(C)nc2N1. The van der Waals surface area contributed by atoms with Gasteiger partial charge in [0.05, 0.1) is 12.2 Å². The third-order valence-electron chi connectivity index (χ3n) is 4.04. The number of nitrogens with one attached hydrogen (secondary N) is 1. The van der Waals surface area contributed by atoms with E-state index < -0.39 is 6.04 Å². The molecule has 132 valence electrons. The molecule has 0 saturated heterocycles. The molecule has 6 nitrogen and oxygen atoms in total. The van der Waals surface area contributed by atoms with Gasteiger partial charge in [-0.05, 0) is 26.3 Å². The molecule has 1 atom stereocenters. The molecule has 2 aromatic rings. The van der Waals surface area contributed by atoms with E-state index >= 15 is 0 Å². The Kier molecular flexibility index (Phi) is 5.08. The lowest BCUT2D eigenvalue weighted by Gasteiger charge is -2.29. The van der Waals surface area contributed by atoms with Crippen LogP contribution in [0.5, 0.6) is 0 Å². The maximum atomic E-state index is 12.8. The number of carbonyl (C=O) groups excluding carboxylic acids is 1. The van der Waals surface area contributed by atoms with Crippen LogP contribution < -0.4 is 5.32 Å². The first-order chi connectivity index (χ1) is 12.1. The minimum atomic E-state index is -0.466. The normalized spacial score (nSPS) is 16.4. The highest BCUT2D eigenvalue weighted by Gasteiger charge is 2.36. The minimum Gasteiger partial charge on any atom is -0.463 e. The Labute approximate surface area is 151 Å². The molecular weight excluding hydrogens is 340 g/mol. The van der Waals surface area contributed by atoms with E-state index in [9.17, 15) is 4.79 Å². The van der Waals surface area contributed by atoms with Gasteiger partial charge in [0.1, 0.15) is 11.9 Å². The monoisotopic (exact) mass is 360 g/mol. The first kappa shape index (κ1) is 17.5. The summed E-state index contributed by atoms with van der Waals surface area (Å²) < 4.78 is 7.04. The van der Waals surface area contributed by atoms with Gasteiger partial charge >= 0.3 is 5.97 Å². The average molecular weight is 361 g/mol. The zero-order chi connectivity index (χ0) is 18.0. The number of carbonyl (C=O) groups is 1. The van der Waals surface area contributed by atoms with Crippen molar-refractivity contribution in [2.45, 2.75) is 39.7 Å². The number of fused-ring (bicyclic) bond motifs is 1. The number of hydrogen-bond acceptors (Lipinski definition) is 5. The molecule has 0 fully saturated rings. The third kappa shape index (κ3) is 3.26. The molecule has 1 aromatic heterocycles. The zero-order valence-electron chi connectivity index (χ0n) is 14.5. The lowest BCUT2D eigenvalue weighted by Crippen LogP contribution is -2.30. The molecule has 1 N–H and O–H groups in total. The average Bonchev–Trinajstić information content (AvgIpc) is 2.94. The fraction of sp³-hybridized carbons (Fsp3) is 0.389. The van der Waals surface area contributed by atoms with Crippen LogP contribution in [0.25, 0.3) is 0 Å². The number of nitrogens with zero attached hydrogens (tertiary/aromatic N) is 3. The zero-order valence-corrected chi connectivity index (χ0v) is 15.3. The van der Waals surface area contributed by atoms with Gasteiger partial charge in [-0.15, -0.1) is 0 Å². The molecule has 3 rings (SSSR count). The van der Waals surface area contributed by atoms with Crippen LogP contribution in [-0.2, 0) is 9.53 Å². The number of benzene rings is 1. The van der Waals surface area contributed by atoms with E-state index in [4.69, 9.17) is 16.3 Å². The van der Waals surface area contributed by atoms with E-state index in [1.54, 1.807) is 11.6 Å². The highest BCUT2D eigenvalue weighted by atomic mass is 35.5. The van der Waals surface area contributed by atoms with Gasteiger partial charge in [0, 0.05) is 16.3 Å². The van der Waals surface area contributed by atoms with Crippen molar-refractivity contribution >= 4 is 23.5 Å². The number of allylic oxidation sites excluding steroid dienone is 1. The van der Waals surface area contributed by atoms with Gasteiger partial charge in [-0.3, -0.25) is 0 Å². The van der Waals surface area contributed by atoms with Crippen LogP contribution in [0.3, 0.4) is 0 Å². The number of halogens is 1. The number of rotatable bonds is 5. The molecule has 0 unspecified atom stereocenters. The summed E-state index contributed by atoms with van der Waals surface area (Å²) in [7, 11) is 0. The Morgan fingerprint density at radius 3 is 2.80 bits per heavy atom. The molecule has 2 heterocycles. The number of esters is 1. The number of ether oxygens (including phenoxy) is 1. The molecule has 1 aromatic carbocycles. The quantitative estimate of drug-likeness (QED) is 0.819. The van der Waals surface area contributed by atoms with E-state index in [2.05, 4.69) is 22.3 Å². The second-order valence-corrected chi connectivity index (χ2v) is 6.25. The van der Waals surface area contributed by atoms with Crippen molar-refractivity contribution in [3.05, 3.63) is 51.9 Å². The van der Waals surface area contributed by atoms with Gasteiger partial charge in [0.15, 0.2) is 0 Å². The van der Waals surface area contributed by atoms with Gasteiger partial charge in [-0.25, -0.2) is 9.48 Å². The van der Waals surface area contributed by atoms with Gasteiger partial charge in [0.25, 0.3) is 0 Å². The Morgan fingerprint density at radius 1 is 1.36 bits per heavy atom. The lowest BCUT2D eigenvalue weighted by molar-refractivity contribution is -0.139. The van der Waals surface area contributed by atoms with Crippen LogP contribution in [0.4, 0.5) is 5.95 Å². The summed E-state index contributed by atoms with van der Waals surface area (Å²) in [5.41, 5.74) is 2.15. The molecular formula is C18H21ClN4O2.